The van der Waals surface area contributed by atoms with E-state index in [0.29, 0.717) is 34.9 Å². The van der Waals surface area contributed by atoms with Crippen molar-refractivity contribution in [1.29, 1.82) is 0 Å². The minimum absolute atomic E-state index is 0.211. The maximum absolute atomic E-state index is 13.3. The lowest BCUT2D eigenvalue weighted by molar-refractivity contribution is -0.153. The maximum Gasteiger partial charge on any atom is 0.136 e. The fourth-order valence-electron chi connectivity index (χ4n) is 8.60. The van der Waals surface area contributed by atoms with E-state index >= 15 is 0 Å². The molecule has 4 rings (SSSR count). The van der Waals surface area contributed by atoms with Crippen molar-refractivity contribution in [3.8, 4) is 0 Å². The van der Waals surface area contributed by atoms with Gasteiger partial charge in [-0.1, -0.05) is 53.7 Å². The van der Waals surface area contributed by atoms with Crippen molar-refractivity contribution < 1.29 is 4.79 Å². The number of hydrogen-bond donors (Lipinski definition) is 0. The molecule has 170 valence electrons. The maximum atomic E-state index is 13.3. The van der Waals surface area contributed by atoms with E-state index in [2.05, 4.69) is 53.7 Å². The number of fused-ring (bicyclic) bond motifs is 5. The zero-order chi connectivity index (χ0) is 21.8. The minimum atomic E-state index is 0.211. The minimum Gasteiger partial charge on any atom is -0.299 e. The Morgan fingerprint density at radius 1 is 0.933 bits per heavy atom. The number of Topliss-reactive ketones (excluding diaryl/α,β-unsaturated/α-hetero) is 1. The molecule has 2 heteroatoms. The molecule has 0 heterocycles. The Bertz CT molecular complexity index is 682. The molecule has 0 aromatic rings. The smallest absolute Gasteiger partial charge is 0.136 e. The molecule has 0 aromatic heterocycles. The van der Waals surface area contributed by atoms with E-state index in [1.165, 1.54) is 25.7 Å². The largest absolute Gasteiger partial charge is 0.299 e. The first-order valence-electron chi connectivity index (χ1n) is 12.9. The van der Waals surface area contributed by atoms with Crippen molar-refractivity contribution in [2.24, 2.45) is 58.2 Å². The van der Waals surface area contributed by atoms with Gasteiger partial charge in [0.25, 0.3) is 0 Å². The first-order valence-corrected chi connectivity index (χ1v) is 13.4. The summed E-state index contributed by atoms with van der Waals surface area (Å²) in [5.41, 5.74) is 0.627. The molecule has 0 bridgehead atoms. The van der Waals surface area contributed by atoms with Crippen LogP contribution in [-0.4, -0.2) is 11.2 Å². The van der Waals surface area contributed by atoms with E-state index in [4.69, 9.17) is 11.6 Å². The first-order chi connectivity index (χ1) is 14.1. The topological polar surface area (TPSA) is 17.1 Å². The highest BCUT2D eigenvalue weighted by atomic mass is 35.5. The standard InChI is InChI=1S/C28H45ClO/c1-17(2)18(3)7-8-19(4)22-9-10-23-21-16-26(30)25-15-20(29)11-13-28(25,6)24(21)12-14-27(22,23)5/h7-8,17-25H,9-16H2,1-6H3/b8-7+/t18-,19-,20+,21+,22-,23+,24+,25-,27-,28-/m1/s1. The molecular weight excluding hydrogens is 388 g/mol. The van der Waals surface area contributed by atoms with Crippen molar-refractivity contribution in [3.63, 3.8) is 0 Å². The Hall–Kier alpha value is -0.300. The van der Waals surface area contributed by atoms with E-state index in [1.807, 2.05) is 0 Å². The van der Waals surface area contributed by atoms with E-state index in [1.54, 1.807) is 0 Å². The predicted octanol–water partition coefficient (Wildman–Crippen LogP) is 7.92. The van der Waals surface area contributed by atoms with E-state index in [-0.39, 0.29) is 16.7 Å². The van der Waals surface area contributed by atoms with Crippen molar-refractivity contribution in [2.75, 3.05) is 0 Å². The third-order valence-electron chi connectivity index (χ3n) is 10.9. The number of allylic oxidation sites excluding steroid dienone is 2. The molecule has 1 nitrogen and oxygen atoms in total. The van der Waals surface area contributed by atoms with Gasteiger partial charge in [-0.05, 0) is 97.2 Å². The Labute approximate surface area is 190 Å². The summed E-state index contributed by atoms with van der Waals surface area (Å²) in [7, 11) is 0. The van der Waals surface area contributed by atoms with Crippen molar-refractivity contribution in [1.82, 2.24) is 0 Å². The molecule has 0 unspecified atom stereocenters. The molecule has 0 saturated heterocycles. The van der Waals surface area contributed by atoms with E-state index in [9.17, 15) is 4.79 Å². The molecule has 10 atom stereocenters. The van der Waals surface area contributed by atoms with Crippen LogP contribution in [0.15, 0.2) is 12.2 Å². The molecule has 4 saturated carbocycles. The highest BCUT2D eigenvalue weighted by Gasteiger charge is 2.62. The molecule has 0 amide bonds. The second-order valence-electron chi connectivity index (χ2n) is 12.6. The highest BCUT2D eigenvalue weighted by Crippen LogP contribution is 2.67. The summed E-state index contributed by atoms with van der Waals surface area (Å²) in [5, 5.41) is 0.217. The van der Waals surface area contributed by atoms with Crippen LogP contribution >= 0.6 is 11.6 Å². The summed E-state index contributed by atoms with van der Waals surface area (Å²) >= 11 is 6.52. The Balaban J connectivity index is 1.54. The zero-order valence-corrected chi connectivity index (χ0v) is 21.0. The SMILES string of the molecule is CC(C)[C@H](C)/C=C/[C@@H](C)[C@H]1CC[C@H]2[C@@H]3CC(=O)[C@H]4C[C@@H](Cl)CC[C@]4(C)[C@H]3CC[C@]12C. The normalized spacial score (nSPS) is 48.3. The lowest BCUT2D eigenvalue weighted by Crippen LogP contribution is -2.56. The molecule has 0 N–H and O–H groups in total. The van der Waals surface area contributed by atoms with Gasteiger partial charge in [0.15, 0.2) is 0 Å². The van der Waals surface area contributed by atoms with Gasteiger partial charge < -0.3 is 0 Å². The number of carbonyl (C=O) groups excluding carboxylic acids is 1. The predicted molar refractivity (Wildman–Crippen MR) is 128 cm³/mol. The van der Waals surface area contributed by atoms with Crippen LogP contribution in [0.4, 0.5) is 0 Å². The van der Waals surface area contributed by atoms with Crippen LogP contribution in [0.2, 0.25) is 0 Å². The van der Waals surface area contributed by atoms with Crippen LogP contribution in [0.5, 0.6) is 0 Å². The van der Waals surface area contributed by atoms with Crippen LogP contribution in [-0.2, 0) is 4.79 Å². The monoisotopic (exact) mass is 432 g/mol. The third-order valence-corrected chi connectivity index (χ3v) is 11.3. The Morgan fingerprint density at radius 2 is 1.60 bits per heavy atom. The van der Waals surface area contributed by atoms with Crippen LogP contribution in [0.3, 0.4) is 0 Å². The average molecular weight is 433 g/mol. The lowest BCUT2D eigenvalue weighted by Gasteiger charge is -2.60. The molecule has 0 spiro atoms. The van der Waals surface area contributed by atoms with Gasteiger partial charge in [0.2, 0.25) is 0 Å². The summed E-state index contributed by atoms with van der Waals surface area (Å²) in [6.45, 7) is 14.5. The molecular formula is C28H45ClO. The summed E-state index contributed by atoms with van der Waals surface area (Å²) in [6, 6.07) is 0. The van der Waals surface area contributed by atoms with Gasteiger partial charge in [-0.2, -0.15) is 0 Å². The quantitative estimate of drug-likeness (QED) is 0.325. The Morgan fingerprint density at radius 3 is 2.30 bits per heavy atom. The summed E-state index contributed by atoms with van der Waals surface area (Å²) in [5.74, 6) is 5.68. The van der Waals surface area contributed by atoms with Crippen LogP contribution in [0.1, 0.15) is 92.9 Å². The second-order valence-corrected chi connectivity index (χ2v) is 13.2. The molecule has 0 aliphatic heterocycles. The number of hydrogen-bond acceptors (Lipinski definition) is 1. The number of rotatable bonds is 4. The van der Waals surface area contributed by atoms with E-state index < -0.39 is 0 Å². The summed E-state index contributed by atoms with van der Waals surface area (Å²) in [6.07, 6.45) is 14.4. The van der Waals surface area contributed by atoms with Gasteiger partial charge in [-0.3, -0.25) is 4.79 Å². The fourth-order valence-corrected chi connectivity index (χ4v) is 8.89. The summed E-state index contributed by atoms with van der Waals surface area (Å²) in [4.78, 5) is 13.3. The highest BCUT2D eigenvalue weighted by molar-refractivity contribution is 6.20. The van der Waals surface area contributed by atoms with Gasteiger partial charge in [0, 0.05) is 17.7 Å². The lowest BCUT2D eigenvalue weighted by atomic mass is 9.44. The van der Waals surface area contributed by atoms with Gasteiger partial charge in [-0.25, -0.2) is 0 Å². The molecule has 4 aliphatic carbocycles. The van der Waals surface area contributed by atoms with Crippen LogP contribution in [0.25, 0.3) is 0 Å². The van der Waals surface area contributed by atoms with Gasteiger partial charge >= 0.3 is 0 Å². The second kappa shape index (κ2) is 8.24. The first kappa shape index (κ1) is 22.9. The summed E-state index contributed by atoms with van der Waals surface area (Å²) < 4.78 is 0. The molecule has 0 radical (unpaired) electrons. The molecule has 30 heavy (non-hydrogen) atoms. The average Bonchev–Trinajstić information content (AvgIpc) is 3.04. The van der Waals surface area contributed by atoms with Crippen molar-refractivity contribution in [3.05, 3.63) is 12.2 Å². The fraction of sp³-hybridized carbons (Fsp3) is 0.893. The number of carbonyl (C=O) groups is 1. The zero-order valence-electron chi connectivity index (χ0n) is 20.3. The third kappa shape index (κ3) is 3.64. The number of halogens is 1. The number of ketones is 1. The number of alkyl halides is 1. The van der Waals surface area contributed by atoms with Crippen molar-refractivity contribution in [2.45, 2.75) is 98.3 Å². The Kier molecular flexibility index (Phi) is 6.28. The molecule has 4 fully saturated rings. The van der Waals surface area contributed by atoms with Crippen LogP contribution in [0, 0.1) is 58.2 Å². The van der Waals surface area contributed by atoms with Crippen molar-refractivity contribution >= 4 is 17.4 Å². The molecule has 4 aliphatic rings. The van der Waals surface area contributed by atoms with Gasteiger partial charge in [0.05, 0.1) is 0 Å². The van der Waals surface area contributed by atoms with Gasteiger partial charge in [0.1, 0.15) is 5.78 Å². The van der Waals surface area contributed by atoms with Crippen LogP contribution < -0.4 is 0 Å². The van der Waals surface area contributed by atoms with Gasteiger partial charge in [-0.15, -0.1) is 11.6 Å². The molecule has 0 aromatic carbocycles. The van der Waals surface area contributed by atoms with E-state index in [0.717, 1.165) is 43.4 Å².